The maximum absolute atomic E-state index is 14.2. The summed E-state index contributed by atoms with van der Waals surface area (Å²) < 4.78 is 17.8. The Morgan fingerprint density at radius 2 is 1.43 bits per heavy atom. The molecule has 49 heavy (non-hydrogen) atoms. The number of carbonyl (C=O) groups excluding carboxylic acids is 3. The van der Waals surface area contributed by atoms with Crippen LogP contribution in [-0.2, 0) is 28.7 Å². The molecule has 0 heterocycles. The molecule has 1 aromatic rings. The standard InChI is InChI=1S/C38H55N3O8/c1-10-36(7,33(46)49-34(2,3)4)21-37(8,30(42)43)22-38(9,32(45)47-25-16-14-24(15-17-25)40-41-39)20-35(5,6)31(44)48-29-19-23-18-28(29)27-13-11-12-26(23)27/h14-17,23,26-29H,10-13,18-22H2,1-9H3,(H,42,43). The predicted molar refractivity (Wildman–Crippen MR) is 184 cm³/mol. The van der Waals surface area contributed by atoms with Crippen LogP contribution in [0.15, 0.2) is 29.4 Å². The number of hydrogen-bond acceptors (Lipinski definition) is 8. The van der Waals surface area contributed by atoms with Gasteiger partial charge < -0.3 is 19.3 Å². The minimum Gasteiger partial charge on any atom is -0.481 e. The zero-order valence-electron chi connectivity index (χ0n) is 30.7. The fourth-order valence-electron chi connectivity index (χ4n) is 9.23. The van der Waals surface area contributed by atoms with Crippen molar-refractivity contribution in [2.75, 3.05) is 0 Å². The van der Waals surface area contributed by atoms with Crippen LogP contribution < -0.4 is 4.74 Å². The van der Waals surface area contributed by atoms with Crippen LogP contribution in [0.1, 0.15) is 120 Å². The average molecular weight is 682 g/mol. The second-order valence-electron chi connectivity index (χ2n) is 17.4. The van der Waals surface area contributed by atoms with Crippen molar-refractivity contribution in [3.05, 3.63) is 34.7 Å². The molecule has 11 nitrogen and oxygen atoms in total. The van der Waals surface area contributed by atoms with Crippen LogP contribution in [0.2, 0.25) is 0 Å². The Balaban J connectivity index is 1.63. The van der Waals surface area contributed by atoms with Crippen LogP contribution in [0, 0.1) is 45.3 Å². The first-order chi connectivity index (χ1) is 22.6. The SMILES string of the molecule is CCC(C)(CC(C)(CC(C)(CC(C)(C)C(=O)OC1CC2CC1C1CCCC21)C(=O)Oc1ccc(N=[N+]=[N-])cc1)C(=O)O)C(=O)OC(C)(C)C. The highest BCUT2D eigenvalue weighted by Crippen LogP contribution is 2.60. The van der Waals surface area contributed by atoms with Crippen molar-refractivity contribution in [3.63, 3.8) is 0 Å². The van der Waals surface area contributed by atoms with Crippen LogP contribution >= 0.6 is 0 Å². The molecule has 0 spiro atoms. The highest BCUT2D eigenvalue weighted by atomic mass is 16.6. The lowest BCUT2D eigenvalue weighted by molar-refractivity contribution is -0.173. The summed E-state index contributed by atoms with van der Waals surface area (Å²) in [7, 11) is 0. The summed E-state index contributed by atoms with van der Waals surface area (Å²) in [6.45, 7) is 15.4. The maximum Gasteiger partial charge on any atom is 0.317 e. The van der Waals surface area contributed by atoms with Crippen molar-refractivity contribution in [3.8, 4) is 5.75 Å². The molecule has 3 aliphatic carbocycles. The van der Waals surface area contributed by atoms with Gasteiger partial charge in [-0.15, -0.1) is 0 Å². The number of carbonyl (C=O) groups is 4. The van der Waals surface area contributed by atoms with Crippen molar-refractivity contribution in [2.24, 2.45) is 50.4 Å². The number of fused-ring (bicyclic) bond motifs is 5. The third kappa shape index (κ3) is 8.42. The summed E-state index contributed by atoms with van der Waals surface area (Å²) in [5.41, 5.74) is 2.87. The first-order valence-corrected chi connectivity index (χ1v) is 17.7. The van der Waals surface area contributed by atoms with Crippen LogP contribution in [0.25, 0.3) is 10.4 Å². The van der Waals surface area contributed by atoms with Crippen LogP contribution in [0.4, 0.5) is 5.69 Å². The highest BCUT2D eigenvalue weighted by Gasteiger charge is 2.57. The van der Waals surface area contributed by atoms with Gasteiger partial charge >= 0.3 is 23.9 Å². The predicted octanol–water partition coefficient (Wildman–Crippen LogP) is 8.95. The van der Waals surface area contributed by atoms with E-state index in [1.807, 2.05) is 6.92 Å². The fraction of sp³-hybridized carbons (Fsp3) is 0.737. The van der Waals surface area contributed by atoms with Gasteiger partial charge in [-0.1, -0.05) is 18.5 Å². The second kappa shape index (κ2) is 14.0. The van der Waals surface area contributed by atoms with Gasteiger partial charge in [0.2, 0.25) is 0 Å². The van der Waals surface area contributed by atoms with Gasteiger partial charge in [0.05, 0.1) is 21.7 Å². The molecule has 0 aliphatic heterocycles. The molecule has 3 fully saturated rings. The number of carboxylic acid groups (broad SMARTS) is 1. The van der Waals surface area contributed by atoms with Crippen LogP contribution in [0.5, 0.6) is 5.75 Å². The Bertz CT molecular complexity index is 1480. The van der Waals surface area contributed by atoms with Crippen molar-refractivity contribution < 1.29 is 38.5 Å². The molecule has 270 valence electrons. The summed E-state index contributed by atoms with van der Waals surface area (Å²) in [5, 5.41) is 14.3. The van der Waals surface area contributed by atoms with Crippen molar-refractivity contribution in [2.45, 2.75) is 132 Å². The number of benzene rings is 1. The van der Waals surface area contributed by atoms with E-state index in [1.165, 1.54) is 50.5 Å². The van der Waals surface area contributed by atoms with E-state index < -0.39 is 51.1 Å². The van der Waals surface area contributed by atoms with E-state index in [1.54, 1.807) is 48.5 Å². The van der Waals surface area contributed by atoms with Gasteiger partial charge in [-0.05, 0) is 160 Å². The van der Waals surface area contributed by atoms with E-state index >= 15 is 0 Å². The van der Waals surface area contributed by atoms with E-state index in [9.17, 15) is 24.3 Å². The van der Waals surface area contributed by atoms with Gasteiger partial charge in [0.1, 0.15) is 17.5 Å². The quantitative estimate of drug-likeness (QED) is 0.0668. The minimum atomic E-state index is -1.59. The molecule has 11 heteroatoms. The number of rotatable bonds is 14. The van der Waals surface area contributed by atoms with Gasteiger partial charge in [0, 0.05) is 10.6 Å². The molecule has 0 radical (unpaired) electrons. The summed E-state index contributed by atoms with van der Waals surface area (Å²) in [6, 6.07) is 5.97. The first-order valence-electron chi connectivity index (χ1n) is 17.7. The van der Waals surface area contributed by atoms with Gasteiger partial charge in [-0.2, -0.15) is 0 Å². The molecule has 8 unspecified atom stereocenters. The monoisotopic (exact) mass is 681 g/mol. The topological polar surface area (TPSA) is 165 Å². The molecular formula is C38H55N3O8. The number of aliphatic carboxylic acids is 1. The lowest BCUT2D eigenvalue weighted by atomic mass is 9.61. The molecule has 1 aromatic carbocycles. The Morgan fingerprint density at radius 1 is 0.816 bits per heavy atom. The molecule has 3 aliphatic rings. The first kappa shape index (κ1) is 38.2. The van der Waals surface area contributed by atoms with E-state index in [4.69, 9.17) is 19.7 Å². The molecule has 2 bridgehead atoms. The number of esters is 3. The summed E-state index contributed by atoms with van der Waals surface area (Å²) in [5.74, 6) is -0.335. The van der Waals surface area contributed by atoms with Crippen molar-refractivity contribution in [1.29, 1.82) is 0 Å². The van der Waals surface area contributed by atoms with E-state index in [0.717, 1.165) is 18.8 Å². The lowest BCUT2D eigenvalue weighted by Crippen LogP contribution is -2.48. The number of hydrogen-bond donors (Lipinski definition) is 1. The van der Waals surface area contributed by atoms with Gasteiger partial charge in [-0.25, -0.2) is 0 Å². The van der Waals surface area contributed by atoms with Gasteiger partial charge in [0.15, 0.2) is 0 Å². The Kier molecular flexibility index (Phi) is 10.9. The third-order valence-electron chi connectivity index (χ3n) is 11.5. The summed E-state index contributed by atoms with van der Waals surface area (Å²) in [6.07, 6.45) is 5.43. The number of ether oxygens (including phenoxy) is 3. The van der Waals surface area contributed by atoms with Crippen LogP contribution in [-0.4, -0.2) is 40.7 Å². The highest BCUT2D eigenvalue weighted by molar-refractivity contribution is 5.84. The van der Waals surface area contributed by atoms with Crippen molar-refractivity contribution in [1.82, 2.24) is 0 Å². The van der Waals surface area contributed by atoms with E-state index in [0.29, 0.717) is 29.9 Å². The van der Waals surface area contributed by atoms with E-state index in [-0.39, 0.29) is 31.1 Å². The maximum atomic E-state index is 14.2. The summed E-state index contributed by atoms with van der Waals surface area (Å²) >= 11 is 0. The van der Waals surface area contributed by atoms with Crippen molar-refractivity contribution >= 4 is 29.6 Å². The number of azide groups is 1. The lowest BCUT2D eigenvalue weighted by Gasteiger charge is -2.42. The summed E-state index contributed by atoms with van der Waals surface area (Å²) in [4.78, 5) is 57.5. The van der Waals surface area contributed by atoms with Gasteiger partial charge in [-0.3, -0.25) is 19.2 Å². The largest absolute Gasteiger partial charge is 0.481 e. The minimum absolute atomic E-state index is 0.0561. The molecule has 0 saturated heterocycles. The molecule has 3 saturated carbocycles. The molecule has 0 aromatic heterocycles. The molecule has 4 rings (SSSR count). The number of carboxylic acids is 1. The molecule has 8 atom stereocenters. The molecule has 0 amide bonds. The van der Waals surface area contributed by atoms with E-state index in [2.05, 4.69) is 10.0 Å². The van der Waals surface area contributed by atoms with Crippen LogP contribution in [0.3, 0.4) is 0 Å². The molecular weight excluding hydrogens is 626 g/mol. The number of nitrogens with zero attached hydrogens (tertiary/aromatic N) is 3. The molecule has 1 N–H and O–H groups in total. The third-order valence-corrected chi connectivity index (χ3v) is 11.5. The Hall–Kier alpha value is -3.59. The normalized spacial score (nSPS) is 26.7. The zero-order valence-corrected chi connectivity index (χ0v) is 30.7. The fourth-order valence-corrected chi connectivity index (χ4v) is 9.23. The second-order valence-corrected chi connectivity index (χ2v) is 17.4. The zero-order chi connectivity index (χ0) is 36.6. The Labute approximate surface area is 290 Å². The Morgan fingerprint density at radius 3 is 2.00 bits per heavy atom. The smallest absolute Gasteiger partial charge is 0.317 e. The van der Waals surface area contributed by atoms with Gasteiger partial charge in [0.25, 0.3) is 0 Å². The average Bonchev–Trinajstić information content (AvgIpc) is 3.71.